The number of carbonyl (C=O) groups excluding carboxylic acids is 3. The van der Waals surface area contributed by atoms with Gasteiger partial charge in [-0.15, -0.1) is 0 Å². The fourth-order valence-corrected chi connectivity index (χ4v) is 4.55. The van der Waals surface area contributed by atoms with E-state index in [4.69, 9.17) is 0 Å². The van der Waals surface area contributed by atoms with E-state index in [0.29, 0.717) is 22.5 Å². The summed E-state index contributed by atoms with van der Waals surface area (Å²) in [5.74, 6) is -1.06. The minimum absolute atomic E-state index is 0.0460. The average Bonchev–Trinajstić information content (AvgIpc) is 3.05. The number of nitrogens with one attached hydrogen (secondary N) is 2. The Balaban J connectivity index is 1.31. The molecule has 0 aromatic heterocycles. The average molecular weight is 582 g/mol. The zero-order chi connectivity index (χ0) is 30.9. The number of nitro benzene ring substituents is 1. The van der Waals surface area contributed by atoms with E-state index in [2.05, 4.69) is 10.6 Å². The highest BCUT2D eigenvalue weighted by Crippen LogP contribution is 2.25. The molecule has 5 aromatic rings. The summed E-state index contributed by atoms with van der Waals surface area (Å²) in [6, 6.07) is 36.8. The fourth-order valence-electron chi connectivity index (χ4n) is 4.55. The molecule has 0 bridgehead atoms. The lowest BCUT2D eigenvalue weighted by molar-refractivity contribution is -0.384. The smallest absolute Gasteiger partial charge is 0.269 e. The number of rotatable bonds is 10. The Labute approximate surface area is 253 Å². The molecule has 0 saturated heterocycles. The molecule has 2 N–H and O–H groups in total. The van der Waals surface area contributed by atoms with Crippen molar-refractivity contribution in [3.05, 3.63) is 166 Å². The van der Waals surface area contributed by atoms with E-state index in [9.17, 15) is 24.5 Å². The van der Waals surface area contributed by atoms with E-state index in [1.165, 1.54) is 42.5 Å². The second-order valence-corrected chi connectivity index (χ2v) is 9.91. The number of ketones is 1. The normalized spacial score (nSPS) is 10.7. The molecule has 0 radical (unpaired) electrons. The van der Waals surface area contributed by atoms with Crippen molar-refractivity contribution in [1.29, 1.82) is 0 Å². The van der Waals surface area contributed by atoms with E-state index < -0.39 is 10.8 Å². The molecule has 5 rings (SSSR count). The van der Waals surface area contributed by atoms with Crippen LogP contribution in [0.3, 0.4) is 0 Å². The predicted octanol–water partition coefficient (Wildman–Crippen LogP) is 7.33. The van der Waals surface area contributed by atoms with Gasteiger partial charge in [-0.1, -0.05) is 84.9 Å². The summed E-state index contributed by atoms with van der Waals surface area (Å²) in [5, 5.41) is 16.4. The number of benzene rings is 5. The molecule has 0 aliphatic carbocycles. The van der Waals surface area contributed by atoms with Crippen LogP contribution in [0.4, 0.5) is 17.1 Å². The highest BCUT2D eigenvalue weighted by atomic mass is 16.6. The lowest BCUT2D eigenvalue weighted by Crippen LogP contribution is -2.18. The molecule has 0 unspecified atom stereocenters. The van der Waals surface area contributed by atoms with Crippen molar-refractivity contribution in [2.45, 2.75) is 6.42 Å². The Morgan fingerprint density at radius 3 is 2.00 bits per heavy atom. The third-order valence-electron chi connectivity index (χ3n) is 6.80. The van der Waals surface area contributed by atoms with Gasteiger partial charge >= 0.3 is 0 Å². The van der Waals surface area contributed by atoms with Crippen LogP contribution in [0.25, 0.3) is 17.2 Å². The quantitative estimate of drug-likeness (QED) is 0.0775. The van der Waals surface area contributed by atoms with Crippen molar-refractivity contribution in [1.82, 2.24) is 0 Å². The number of anilines is 2. The molecule has 2 amide bonds. The van der Waals surface area contributed by atoms with Crippen LogP contribution in [0.2, 0.25) is 0 Å². The number of nitro groups is 1. The highest BCUT2D eigenvalue weighted by Gasteiger charge is 2.17. The fraction of sp³-hybridized carbons (Fsp3) is 0.0278. The van der Waals surface area contributed by atoms with Gasteiger partial charge < -0.3 is 10.6 Å². The van der Waals surface area contributed by atoms with Crippen LogP contribution < -0.4 is 10.6 Å². The monoisotopic (exact) mass is 581 g/mol. The summed E-state index contributed by atoms with van der Waals surface area (Å²) in [5.41, 5.74) is 4.85. The molecule has 8 heteroatoms. The van der Waals surface area contributed by atoms with Crippen molar-refractivity contribution in [3.8, 4) is 11.1 Å². The van der Waals surface area contributed by atoms with E-state index in [0.717, 1.165) is 16.7 Å². The zero-order valence-corrected chi connectivity index (χ0v) is 23.5. The molecule has 216 valence electrons. The molecule has 0 aliphatic rings. The lowest BCUT2D eigenvalue weighted by Gasteiger charge is -2.13. The predicted molar refractivity (Wildman–Crippen MR) is 171 cm³/mol. The number of nitrogens with zero attached hydrogens (tertiary/aromatic N) is 1. The van der Waals surface area contributed by atoms with Gasteiger partial charge in [0.2, 0.25) is 11.8 Å². The third-order valence-corrected chi connectivity index (χ3v) is 6.80. The first-order valence-electron chi connectivity index (χ1n) is 13.8. The first-order chi connectivity index (χ1) is 21.4. The second-order valence-electron chi connectivity index (χ2n) is 9.91. The van der Waals surface area contributed by atoms with Gasteiger partial charge in [0.25, 0.3) is 5.69 Å². The lowest BCUT2D eigenvalue weighted by atomic mass is 10.00. The number of amides is 2. The van der Waals surface area contributed by atoms with Gasteiger partial charge in [-0.2, -0.15) is 0 Å². The van der Waals surface area contributed by atoms with Gasteiger partial charge in [0.05, 0.1) is 17.0 Å². The first-order valence-corrected chi connectivity index (χ1v) is 13.8. The van der Waals surface area contributed by atoms with Crippen molar-refractivity contribution >= 4 is 40.7 Å². The molecule has 0 spiro atoms. The molecular weight excluding hydrogens is 554 g/mol. The Bertz CT molecular complexity index is 1830. The van der Waals surface area contributed by atoms with Gasteiger partial charge in [-0.05, 0) is 58.7 Å². The number of non-ortho nitro benzene ring substituents is 1. The molecule has 0 atom stereocenters. The molecule has 0 heterocycles. The Hall–Kier alpha value is -6.15. The van der Waals surface area contributed by atoms with Gasteiger partial charge in [-0.3, -0.25) is 24.5 Å². The molecule has 0 aliphatic heterocycles. The standard InChI is InChI=1S/C36H27N3O5/c40-34(22-15-25-13-19-31(20-14-25)39(43)44)37-30-18-21-33(32(24-30)36(42)29-9-5-2-6-10-29)38-35(41)23-26-11-16-28(17-12-26)27-7-3-1-4-8-27/h1-22,24H,23H2,(H,37,40)(H,38,41)/b22-15+. The maximum atomic E-state index is 13.5. The van der Waals surface area contributed by atoms with Crippen molar-refractivity contribution < 1.29 is 19.3 Å². The van der Waals surface area contributed by atoms with Crippen LogP contribution >= 0.6 is 0 Å². The van der Waals surface area contributed by atoms with E-state index in [-0.39, 0.29) is 29.4 Å². The molecular formula is C36H27N3O5. The largest absolute Gasteiger partial charge is 0.325 e. The summed E-state index contributed by atoms with van der Waals surface area (Å²) in [4.78, 5) is 49.5. The molecule has 44 heavy (non-hydrogen) atoms. The van der Waals surface area contributed by atoms with Crippen molar-refractivity contribution in [2.24, 2.45) is 0 Å². The van der Waals surface area contributed by atoms with Gasteiger partial charge in [0.1, 0.15) is 0 Å². The second kappa shape index (κ2) is 13.7. The molecule has 8 nitrogen and oxygen atoms in total. The topological polar surface area (TPSA) is 118 Å². The van der Waals surface area contributed by atoms with E-state index >= 15 is 0 Å². The van der Waals surface area contributed by atoms with E-state index in [1.807, 2.05) is 54.6 Å². The Morgan fingerprint density at radius 1 is 0.705 bits per heavy atom. The van der Waals surface area contributed by atoms with Crippen LogP contribution in [0.5, 0.6) is 0 Å². The SMILES string of the molecule is O=C(/C=C/c1ccc([N+](=O)[O-])cc1)Nc1ccc(NC(=O)Cc2ccc(-c3ccccc3)cc2)c(C(=O)c2ccccc2)c1. The molecule has 0 fully saturated rings. The summed E-state index contributed by atoms with van der Waals surface area (Å²) < 4.78 is 0. The van der Waals surface area contributed by atoms with Crippen molar-refractivity contribution in [3.63, 3.8) is 0 Å². The molecule has 0 saturated carbocycles. The number of hydrogen-bond donors (Lipinski definition) is 2. The number of hydrogen-bond acceptors (Lipinski definition) is 5. The van der Waals surface area contributed by atoms with Gasteiger partial charge in [0.15, 0.2) is 5.78 Å². The van der Waals surface area contributed by atoms with Crippen molar-refractivity contribution in [2.75, 3.05) is 10.6 Å². The van der Waals surface area contributed by atoms with Crippen LogP contribution in [0, 0.1) is 10.1 Å². The summed E-state index contributed by atoms with van der Waals surface area (Å²) >= 11 is 0. The summed E-state index contributed by atoms with van der Waals surface area (Å²) in [6.45, 7) is 0. The Morgan fingerprint density at radius 2 is 1.34 bits per heavy atom. The van der Waals surface area contributed by atoms with Gasteiger partial charge in [-0.25, -0.2) is 0 Å². The van der Waals surface area contributed by atoms with Crippen LogP contribution in [-0.4, -0.2) is 22.5 Å². The first kappa shape index (κ1) is 29.3. The minimum Gasteiger partial charge on any atom is -0.325 e. The maximum absolute atomic E-state index is 13.5. The summed E-state index contributed by atoms with van der Waals surface area (Å²) in [6.07, 6.45) is 2.93. The van der Waals surface area contributed by atoms with Gasteiger partial charge in [0, 0.05) is 35.0 Å². The third kappa shape index (κ3) is 7.57. The van der Waals surface area contributed by atoms with Crippen LogP contribution in [0.15, 0.2) is 133 Å². The van der Waals surface area contributed by atoms with Crippen LogP contribution in [-0.2, 0) is 16.0 Å². The van der Waals surface area contributed by atoms with Crippen LogP contribution in [0.1, 0.15) is 27.0 Å². The maximum Gasteiger partial charge on any atom is 0.269 e. The Kier molecular flexibility index (Phi) is 9.12. The molecule has 5 aromatic carbocycles. The zero-order valence-electron chi connectivity index (χ0n) is 23.5. The summed E-state index contributed by atoms with van der Waals surface area (Å²) in [7, 11) is 0. The minimum atomic E-state index is -0.496. The highest BCUT2D eigenvalue weighted by molar-refractivity contribution is 6.15. The number of carbonyl (C=O) groups is 3. The van der Waals surface area contributed by atoms with E-state index in [1.54, 1.807) is 42.5 Å².